The van der Waals surface area contributed by atoms with Crippen LogP contribution in [-0.4, -0.2) is 23.9 Å². The van der Waals surface area contributed by atoms with Gasteiger partial charge in [-0.25, -0.2) is 22.4 Å². The Morgan fingerprint density at radius 1 is 0.788 bits per heavy atom. The van der Waals surface area contributed by atoms with Gasteiger partial charge in [-0.2, -0.15) is 0 Å². The van der Waals surface area contributed by atoms with Gasteiger partial charge in [0.1, 0.15) is 24.7 Å². The van der Waals surface area contributed by atoms with Crippen molar-refractivity contribution in [3.8, 4) is 11.5 Å². The first-order chi connectivity index (χ1) is 15.8. The van der Waals surface area contributed by atoms with Gasteiger partial charge in [-0.1, -0.05) is 17.3 Å². The van der Waals surface area contributed by atoms with E-state index in [0.717, 1.165) is 24.3 Å². The second-order valence-electron chi connectivity index (χ2n) is 6.71. The minimum atomic E-state index is -1.20. The summed E-state index contributed by atoms with van der Waals surface area (Å²) >= 11 is 0. The second kappa shape index (κ2) is 11.0. The quantitative estimate of drug-likeness (QED) is 0.265. The lowest BCUT2D eigenvalue weighted by Gasteiger charge is -2.12. The number of benzene rings is 3. The van der Waals surface area contributed by atoms with Gasteiger partial charge in [0.15, 0.2) is 23.3 Å². The van der Waals surface area contributed by atoms with E-state index in [0.29, 0.717) is 16.7 Å². The molecule has 0 heterocycles. The zero-order chi connectivity index (χ0) is 23.8. The first kappa shape index (κ1) is 23.6. The molecule has 0 bridgehead atoms. The summed E-state index contributed by atoms with van der Waals surface area (Å²) in [5.74, 6) is -4.65. The topological polar surface area (TPSA) is 77.4 Å². The summed E-state index contributed by atoms with van der Waals surface area (Å²) in [5, 5.41) is 12.1. The standard InChI is InChI=1S/C23H17F4NO5/c24-19-3-1-14(7-21(19)26)11-31-17-5-16(10-28-33-13-23(29)30)6-18(9-17)32-12-15-2-4-20(25)22(27)8-15/h1-10H,11-13H2,(H,29,30). The molecule has 10 heteroatoms. The Hall–Kier alpha value is -4.08. The highest BCUT2D eigenvalue weighted by Gasteiger charge is 2.08. The van der Waals surface area contributed by atoms with Crippen molar-refractivity contribution >= 4 is 12.2 Å². The number of hydrogen-bond donors (Lipinski definition) is 1. The zero-order valence-corrected chi connectivity index (χ0v) is 16.9. The molecule has 0 spiro atoms. The van der Waals surface area contributed by atoms with Crippen LogP contribution < -0.4 is 9.47 Å². The zero-order valence-electron chi connectivity index (χ0n) is 16.9. The number of carboxylic acids is 1. The fourth-order valence-corrected chi connectivity index (χ4v) is 2.62. The smallest absolute Gasteiger partial charge is 0.344 e. The van der Waals surface area contributed by atoms with Crippen LogP contribution in [0.4, 0.5) is 17.6 Å². The predicted molar refractivity (Wildman–Crippen MR) is 109 cm³/mol. The Kier molecular flexibility index (Phi) is 7.85. The fraction of sp³-hybridized carbons (Fsp3) is 0.130. The molecule has 6 nitrogen and oxygen atoms in total. The minimum absolute atomic E-state index is 0.0874. The van der Waals surface area contributed by atoms with E-state index >= 15 is 0 Å². The SMILES string of the molecule is O=C(O)CON=Cc1cc(OCc2ccc(F)c(F)c2)cc(OCc2ccc(F)c(F)c2)c1. The van der Waals surface area contributed by atoms with Gasteiger partial charge in [0.2, 0.25) is 6.61 Å². The first-order valence-electron chi connectivity index (χ1n) is 9.46. The lowest BCUT2D eigenvalue weighted by molar-refractivity contribution is -0.142. The highest BCUT2D eigenvalue weighted by Crippen LogP contribution is 2.25. The Labute approximate surface area is 185 Å². The van der Waals surface area contributed by atoms with Gasteiger partial charge < -0.3 is 19.4 Å². The number of halogens is 4. The van der Waals surface area contributed by atoms with Crippen molar-refractivity contribution in [3.63, 3.8) is 0 Å². The average Bonchev–Trinajstić information content (AvgIpc) is 2.78. The van der Waals surface area contributed by atoms with Crippen LogP contribution in [0.2, 0.25) is 0 Å². The van der Waals surface area contributed by atoms with Crippen molar-refractivity contribution in [3.05, 3.63) is 94.6 Å². The number of carboxylic acid groups (broad SMARTS) is 1. The van der Waals surface area contributed by atoms with Crippen LogP contribution in [0.15, 0.2) is 59.8 Å². The van der Waals surface area contributed by atoms with Crippen molar-refractivity contribution in [1.29, 1.82) is 0 Å². The maximum absolute atomic E-state index is 13.4. The van der Waals surface area contributed by atoms with Crippen LogP contribution in [0.1, 0.15) is 16.7 Å². The maximum Gasteiger partial charge on any atom is 0.344 e. The molecule has 3 rings (SSSR count). The van der Waals surface area contributed by atoms with E-state index in [1.54, 1.807) is 0 Å². The third kappa shape index (κ3) is 7.23. The number of oxime groups is 1. The van der Waals surface area contributed by atoms with Crippen molar-refractivity contribution in [2.75, 3.05) is 6.61 Å². The molecule has 0 saturated heterocycles. The van der Waals surface area contributed by atoms with E-state index in [-0.39, 0.29) is 24.7 Å². The van der Waals surface area contributed by atoms with Crippen molar-refractivity contribution < 1.29 is 41.8 Å². The summed E-state index contributed by atoms with van der Waals surface area (Å²) in [5.41, 5.74) is 1.16. The fourth-order valence-electron chi connectivity index (χ4n) is 2.62. The third-order valence-corrected chi connectivity index (χ3v) is 4.15. The molecular formula is C23H17F4NO5. The Bertz CT molecular complexity index is 1100. The molecule has 0 aliphatic heterocycles. The number of aliphatic carboxylic acids is 1. The van der Waals surface area contributed by atoms with Gasteiger partial charge in [0, 0.05) is 11.6 Å². The molecule has 0 radical (unpaired) electrons. The minimum Gasteiger partial charge on any atom is -0.489 e. The van der Waals surface area contributed by atoms with Gasteiger partial charge >= 0.3 is 5.97 Å². The van der Waals surface area contributed by atoms with E-state index in [1.807, 2.05) is 0 Å². The molecule has 0 aliphatic carbocycles. The molecule has 0 aromatic heterocycles. The summed E-state index contributed by atoms with van der Waals surface area (Å²) in [6, 6.07) is 11.2. The molecule has 3 aromatic carbocycles. The summed E-state index contributed by atoms with van der Waals surface area (Å²) in [7, 11) is 0. The number of hydrogen-bond acceptors (Lipinski definition) is 5. The predicted octanol–water partition coefficient (Wildman–Crippen LogP) is 4.84. The Morgan fingerprint density at radius 3 is 1.76 bits per heavy atom. The number of nitrogens with zero attached hydrogens (tertiary/aromatic N) is 1. The lowest BCUT2D eigenvalue weighted by Crippen LogP contribution is -2.03. The van der Waals surface area contributed by atoms with Gasteiger partial charge in [-0.05, 0) is 47.5 Å². The monoisotopic (exact) mass is 463 g/mol. The molecular weight excluding hydrogens is 446 g/mol. The van der Waals surface area contributed by atoms with Crippen LogP contribution in [0.25, 0.3) is 0 Å². The van der Waals surface area contributed by atoms with Crippen LogP contribution in [0.3, 0.4) is 0 Å². The van der Waals surface area contributed by atoms with Gasteiger partial charge in [-0.3, -0.25) is 0 Å². The first-order valence-corrected chi connectivity index (χ1v) is 9.46. The second-order valence-corrected chi connectivity index (χ2v) is 6.71. The number of rotatable bonds is 10. The van der Waals surface area contributed by atoms with E-state index in [4.69, 9.17) is 14.6 Å². The molecule has 0 saturated carbocycles. The molecule has 0 aliphatic rings. The van der Waals surface area contributed by atoms with Crippen LogP contribution in [0.5, 0.6) is 11.5 Å². The molecule has 0 atom stereocenters. The third-order valence-electron chi connectivity index (χ3n) is 4.15. The summed E-state index contributed by atoms with van der Waals surface area (Å²) in [6.07, 6.45) is 1.22. The highest BCUT2D eigenvalue weighted by atomic mass is 19.2. The van der Waals surface area contributed by atoms with Crippen molar-refractivity contribution in [2.24, 2.45) is 5.16 Å². The maximum atomic E-state index is 13.4. The van der Waals surface area contributed by atoms with Gasteiger partial charge in [0.05, 0.1) is 6.21 Å². The lowest BCUT2D eigenvalue weighted by atomic mass is 10.2. The molecule has 0 fully saturated rings. The van der Waals surface area contributed by atoms with E-state index < -0.39 is 35.8 Å². The molecule has 3 aromatic rings. The van der Waals surface area contributed by atoms with Crippen LogP contribution in [0, 0.1) is 23.3 Å². The normalized spacial score (nSPS) is 10.9. The van der Waals surface area contributed by atoms with Crippen LogP contribution in [-0.2, 0) is 22.8 Å². The van der Waals surface area contributed by atoms with Gasteiger partial charge in [0.25, 0.3) is 0 Å². The molecule has 0 unspecified atom stereocenters. The van der Waals surface area contributed by atoms with Crippen molar-refractivity contribution in [1.82, 2.24) is 0 Å². The summed E-state index contributed by atoms with van der Waals surface area (Å²) in [6.45, 7) is -0.811. The molecule has 33 heavy (non-hydrogen) atoms. The van der Waals surface area contributed by atoms with E-state index in [9.17, 15) is 22.4 Å². The number of carbonyl (C=O) groups is 1. The molecule has 1 N–H and O–H groups in total. The Balaban J connectivity index is 1.76. The van der Waals surface area contributed by atoms with Gasteiger partial charge in [-0.15, -0.1) is 0 Å². The van der Waals surface area contributed by atoms with E-state index in [1.165, 1.54) is 36.5 Å². The summed E-state index contributed by atoms with van der Waals surface area (Å²) < 4.78 is 64.3. The average molecular weight is 463 g/mol. The largest absolute Gasteiger partial charge is 0.489 e. The van der Waals surface area contributed by atoms with E-state index in [2.05, 4.69) is 9.99 Å². The molecule has 0 amide bonds. The van der Waals surface area contributed by atoms with Crippen molar-refractivity contribution in [2.45, 2.75) is 13.2 Å². The number of ether oxygens (including phenoxy) is 2. The Morgan fingerprint density at radius 2 is 1.30 bits per heavy atom. The molecule has 172 valence electrons. The van der Waals surface area contributed by atoms with Crippen LogP contribution >= 0.6 is 0 Å². The summed E-state index contributed by atoms with van der Waals surface area (Å²) in [4.78, 5) is 15.1. The highest BCUT2D eigenvalue weighted by molar-refractivity contribution is 5.80.